The summed E-state index contributed by atoms with van der Waals surface area (Å²) in [4.78, 5) is 18.4. The van der Waals surface area contributed by atoms with Crippen molar-refractivity contribution in [3.8, 4) is 0 Å². The second kappa shape index (κ2) is 7.49. The minimum absolute atomic E-state index is 0.271. The van der Waals surface area contributed by atoms with Crippen LogP contribution in [0.25, 0.3) is 0 Å². The van der Waals surface area contributed by atoms with Gasteiger partial charge in [0.1, 0.15) is 11.2 Å². The van der Waals surface area contributed by atoms with Crippen LogP contribution in [0.3, 0.4) is 0 Å². The molecule has 1 aromatic heterocycles. The first-order valence-electron chi connectivity index (χ1n) is 8.52. The highest BCUT2D eigenvalue weighted by Crippen LogP contribution is 2.38. The highest BCUT2D eigenvalue weighted by atomic mass is 32.1. The number of carbonyl (C=O) groups is 1. The largest absolute Gasteiger partial charge is 0.481 e. The highest BCUT2D eigenvalue weighted by molar-refractivity contribution is 7.09. The van der Waals surface area contributed by atoms with Crippen LogP contribution in [0.4, 0.5) is 5.13 Å². The Morgan fingerprint density at radius 2 is 2.16 bits per heavy atom. The van der Waals surface area contributed by atoms with Gasteiger partial charge < -0.3 is 15.1 Å². The molecule has 0 amide bonds. The predicted molar refractivity (Wildman–Crippen MR) is 96.9 cm³/mol. The standard InChI is InChI=1S/C18H23N3O3S/c1-13-19-17(25-20-13)21-11-9-15(22)18(12-21,16(23)24)10-5-8-14-6-3-2-4-7-14/h2-4,6-7,15,22H,5,8-12H2,1H3,(H,23,24)/t15-,18+/m0/s1. The van der Waals surface area contributed by atoms with Gasteiger partial charge in [-0.1, -0.05) is 30.3 Å². The van der Waals surface area contributed by atoms with Gasteiger partial charge >= 0.3 is 5.97 Å². The predicted octanol–water partition coefficient (Wildman–Crippen LogP) is 2.51. The smallest absolute Gasteiger partial charge is 0.314 e. The topological polar surface area (TPSA) is 86.5 Å². The third kappa shape index (κ3) is 3.82. The number of benzene rings is 1. The summed E-state index contributed by atoms with van der Waals surface area (Å²) in [6.07, 6.45) is 1.55. The fourth-order valence-electron chi connectivity index (χ4n) is 3.47. The van der Waals surface area contributed by atoms with Crippen molar-refractivity contribution >= 4 is 22.6 Å². The van der Waals surface area contributed by atoms with Crippen molar-refractivity contribution in [2.45, 2.75) is 38.7 Å². The van der Waals surface area contributed by atoms with Crippen LogP contribution >= 0.6 is 11.5 Å². The van der Waals surface area contributed by atoms with Crippen LogP contribution in [0.15, 0.2) is 30.3 Å². The third-order valence-corrected chi connectivity index (χ3v) is 5.80. The summed E-state index contributed by atoms with van der Waals surface area (Å²) in [6.45, 7) is 2.69. The fraction of sp³-hybridized carbons (Fsp3) is 0.500. The molecule has 3 rings (SSSR count). The Morgan fingerprint density at radius 3 is 2.80 bits per heavy atom. The summed E-state index contributed by atoms with van der Waals surface area (Å²) in [5.74, 6) is -0.241. The number of piperidine rings is 1. The zero-order valence-corrected chi connectivity index (χ0v) is 15.1. The molecule has 0 saturated carbocycles. The van der Waals surface area contributed by atoms with Gasteiger partial charge in [0, 0.05) is 24.6 Å². The average molecular weight is 361 g/mol. The monoisotopic (exact) mass is 361 g/mol. The van der Waals surface area contributed by atoms with E-state index in [-0.39, 0.29) is 6.54 Å². The van der Waals surface area contributed by atoms with Crippen molar-refractivity contribution in [1.82, 2.24) is 9.36 Å². The zero-order valence-electron chi connectivity index (χ0n) is 14.3. The summed E-state index contributed by atoms with van der Waals surface area (Å²) in [7, 11) is 0. The van der Waals surface area contributed by atoms with Crippen LogP contribution in [0, 0.1) is 12.3 Å². The van der Waals surface area contributed by atoms with Gasteiger partial charge in [-0.25, -0.2) is 4.98 Å². The average Bonchev–Trinajstić information content (AvgIpc) is 3.04. The van der Waals surface area contributed by atoms with Crippen LogP contribution < -0.4 is 4.90 Å². The molecule has 1 aliphatic heterocycles. The van der Waals surface area contributed by atoms with E-state index in [4.69, 9.17) is 0 Å². The fourth-order valence-corrected chi connectivity index (χ4v) is 4.17. The number of carboxylic acid groups (broad SMARTS) is 1. The number of aromatic nitrogens is 2. The van der Waals surface area contributed by atoms with Gasteiger partial charge in [-0.2, -0.15) is 4.37 Å². The van der Waals surface area contributed by atoms with E-state index in [1.165, 1.54) is 17.1 Å². The molecule has 1 fully saturated rings. The molecule has 2 N–H and O–H groups in total. The van der Waals surface area contributed by atoms with Crippen molar-refractivity contribution in [2.75, 3.05) is 18.0 Å². The SMILES string of the molecule is Cc1nsc(N2CC[C@H](O)[C@](CCCc3ccccc3)(C(=O)O)C2)n1. The molecular weight excluding hydrogens is 338 g/mol. The number of nitrogens with zero attached hydrogens (tertiary/aromatic N) is 3. The van der Waals surface area contributed by atoms with Gasteiger partial charge in [-0.05, 0) is 38.2 Å². The molecular formula is C18H23N3O3S. The summed E-state index contributed by atoms with van der Waals surface area (Å²) in [5.41, 5.74) is 0.0250. The number of hydrogen-bond acceptors (Lipinski definition) is 6. The van der Waals surface area contributed by atoms with E-state index in [1.54, 1.807) is 0 Å². The normalized spacial score (nSPS) is 23.6. The van der Waals surface area contributed by atoms with E-state index in [9.17, 15) is 15.0 Å². The molecule has 2 atom stereocenters. The van der Waals surface area contributed by atoms with E-state index < -0.39 is 17.5 Å². The van der Waals surface area contributed by atoms with Gasteiger partial charge in [-0.3, -0.25) is 4.79 Å². The lowest BCUT2D eigenvalue weighted by Crippen LogP contribution is -2.56. The number of anilines is 1. The lowest BCUT2D eigenvalue weighted by molar-refractivity contribution is -0.158. The number of aliphatic hydroxyl groups is 1. The minimum Gasteiger partial charge on any atom is -0.481 e. The second-order valence-corrected chi connectivity index (χ2v) is 7.38. The van der Waals surface area contributed by atoms with Crippen LogP contribution in [-0.2, 0) is 11.2 Å². The molecule has 1 aromatic carbocycles. The van der Waals surface area contributed by atoms with Crippen molar-refractivity contribution < 1.29 is 15.0 Å². The van der Waals surface area contributed by atoms with Crippen LogP contribution in [-0.4, -0.2) is 44.7 Å². The first-order valence-corrected chi connectivity index (χ1v) is 9.29. The van der Waals surface area contributed by atoms with Gasteiger partial charge in [0.2, 0.25) is 5.13 Å². The second-order valence-electron chi connectivity index (χ2n) is 6.65. The Balaban J connectivity index is 1.73. The number of aryl methyl sites for hydroxylation is 2. The first-order chi connectivity index (χ1) is 12.0. The molecule has 7 heteroatoms. The summed E-state index contributed by atoms with van der Waals surface area (Å²) < 4.78 is 4.18. The van der Waals surface area contributed by atoms with E-state index in [0.717, 1.165) is 18.0 Å². The molecule has 134 valence electrons. The maximum absolute atomic E-state index is 12.1. The Kier molecular flexibility index (Phi) is 5.34. The van der Waals surface area contributed by atoms with Crippen LogP contribution in [0.1, 0.15) is 30.7 Å². The highest BCUT2D eigenvalue weighted by Gasteiger charge is 2.49. The number of hydrogen-bond donors (Lipinski definition) is 2. The molecule has 1 saturated heterocycles. The zero-order chi connectivity index (χ0) is 17.9. The molecule has 6 nitrogen and oxygen atoms in total. The van der Waals surface area contributed by atoms with E-state index in [2.05, 4.69) is 9.36 Å². The Morgan fingerprint density at radius 1 is 1.40 bits per heavy atom. The van der Waals surface area contributed by atoms with Crippen molar-refractivity contribution in [3.63, 3.8) is 0 Å². The summed E-state index contributed by atoms with van der Waals surface area (Å²) in [5, 5.41) is 21.2. The van der Waals surface area contributed by atoms with Gasteiger partial charge in [0.05, 0.1) is 6.10 Å². The lowest BCUT2D eigenvalue weighted by Gasteiger charge is -2.43. The molecule has 0 aliphatic carbocycles. The quantitative estimate of drug-likeness (QED) is 0.822. The maximum atomic E-state index is 12.1. The third-order valence-electron chi connectivity index (χ3n) is 4.93. The molecule has 0 bridgehead atoms. The van der Waals surface area contributed by atoms with E-state index in [0.29, 0.717) is 25.2 Å². The number of rotatable bonds is 6. The first kappa shape index (κ1) is 17.8. The van der Waals surface area contributed by atoms with Crippen molar-refractivity contribution in [1.29, 1.82) is 0 Å². The van der Waals surface area contributed by atoms with Gasteiger partial charge in [-0.15, -0.1) is 0 Å². The summed E-state index contributed by atoms with van der Waals surface area (Å²) in [6, 6.07) is 10.0. The molecule has 2 aromatic rings. The Labute approximate surface area is 151 Å². The van der Waals surface area contributed by atoms with E-state index >= 15 is 0 Å². The summed E-state index contributed by atoms with van der Waals surface area (Å²) >= 11 is 1.28. The van der Waals surface area contributed by atoms with Gasteiger partial charge in [0.25, 0.3) is 0 Å². The number of aliphatic carboxylic acids is 1. The van der Waals surface area contributed by atoms with Crippen molar-refractivity contribution in [2.24, 2.45) is 5.41 Å². The molecule has 0 unspecified atom stereocenters. The minimum atomic E-state index is -1.16. The molecule has 0 spiro atoms. The molecule has 1 aliphatic rings. The Bertz CT molecular complexity index is 721. The Hall–Kier alpha value is -1.99. The lowest BCUT2D eigenvalue weighted by atomic mass is 9.73. The molecule has 0 radical (unpaired) electrons. The number of aliphatic hydroxyl groups excluding tert-OH is 1. The van der Waals surface area contributed by atoms with Crippen LogP contribution in [0.2, 0.25) is 0 Å². The maximum Gasteiger partial charge on any atom is 0.314 e. The van der Waals surface area contributed by atoms with E-state index in [1.807, 2.05) is 42.2 Å². The van der Waals surface area contributed by atoms with Crippen LogP contribution in [0.5, 0.6) is 0 Å². The number of carboxylic acids is 1. The molecule has 2 heterocycles. The van der Waals surface area contributed by atoms with Gasteiger partial charge in [0.15, 0.2) is 0 Å². The van der Waals surface area contributed by atoms with Crippen molar-refractivity contribution in [3.05, 3.63) is 41.7 Å². The molecule has 25 heavy (non-hydrogen) atoms.